The highest BCUT2D eigenvalue weighted by atomic mass is 16.6. The van der Waals surface area contributed by atoms with Gasteiger partial charge in [-0.25, -0.2) is 4.68 Å². The van der Waals surface area contributed by atoms with Crippen LogP contribution in [0.4, 0.5) is 5.69 Å². The second-order valence-corrected chi connectivity index (χ2v) is 5.04. The first kappa shape index (κ1) is 12.7. The van der Waals surface area contributed by atoms with E-state index in [2.05, 4.69) is 15.6 Å². The second kappa shape index (κ2) is 5.01. The van der Waals surface area contributed by atoms with Crippen molar-refractivity contribution in [3.05, 3.63) is 45.8 Å². The Labute approximate surface area is 115 Å². The maximum Gasteiger partial charge on any atom is 0.269 e. The van der Waals surface area contributed by atoms with E-state index in [0.717, 1.165) is 16.9 Å². The molecule has 7 heteroatoms. The third kappa shape index (κ3) is 2.67. The van der Waals surface area contributed by atoms with Crippen LogP contribution in [0, 0.1) is 17.0 Å². The van der Waals surface area contributed by atoms with Crippen LogP contribution in [0.1, 0.15) is 24.1 Å². The Balaban J connectivity index is 1.79. The Morgan fingerprint density at radius 1 is 1.50 bits per heavy atom. The van der Waals surface area contributed by atoms with Gasteiger partial charge in [-0.1, -0.05) is 5.21 Å². The first-order valence-electron chi connectivity index (χ1n) is 6.53. The van der Waals surface area contributed by atoms with Crippen molar-refractivity contribution in [2.45, 2.75) is 32.4 Å². The molecule has 0 radical (unpaired) electrons. The lowest BCUT2D eigenvalue weighted by atomic mass is 10.2. The Morgan fingerprint density at radius 2 is 2.30 bits per heavy atom. The molecule has 0 unspecified atom stereocenters. The van der Waals surface area contributed by atoms with Crippen molar-refractivity contribution >= 4 is 5.69 Å². The molecule has 1 aromatic heterocycles. The van der Waals surface area contributed by atoms with Crippen molar-refractivity contribution in [1.29, 1.82) is 0 Å². The third-order valence-corrected chi connectivity index (χ3v) is 3.33. The Bertz CT molecular complexity index is 648. The van der Waals surface area contributed by atoms with Gasteiger partial charge >= 0.3 is 0 Å². The summed E-state index contributed by atoms with van der Waals surface area (Å²) in [4.78, 5) is 10.3. The molecular weight excluding hydrogens is 258 g/mol. The van der Waals surface area contributed by atoms with Gasteiger partial charge in [0.25, 0.3) is 5.69 Å². The van der Waals surface area contributed by atoms with Gasteiger partial charge in [0.05, 0.1) is 22.5 Å². The van der Waals surface area contributed by atoms with E-state index in [0.29, 0.717) is 12.6 Å². The molecule has 7 nitrogen and oxygen atoms in total. The van der Waals surface area contributed by atoms with Crippen molar-refractivity contribution in [2.75, 3.05) is 0 Å². The van der Waals surface area contributed by atoms with Crippen molar-refractivity contribution in [3.63, 3.8) is 0 Å². The van der Waals surface area contributed by atoms with Crippen LogP contribution in [-0.2, 0) is 6.54 Å². The Kier molecular flexibility index (Phi) is 3.19. The van der Waals surface area contributed by atoms with Crippen LogP contribution in [0.15, 0.2) is 24.4 Å². The summed E-state index contributed by atoms with van der Waals surface area (Å²) in [6, 6.07) is 5.34. The van der Waals surface area contributed by atoms with Gasteiger partial charge in [-0.15, -0.1) is 5.10 Å². The van der Waals surface area contributed by atoms with E-state index in [1.807, 2.05) is 13.1 Å². The Hall–Kier alpha value is -2.28. The van der Waals surface area contributed by atoms with Gasteiger partial charge in [0.2, 0.25) is 0 Å². The van der Waals surface area contributed by atoms with E-state index >= 15 is 0 Å². The molecule has 1 N–H and O–H groups in total. The van der Waals surface area contributed by atoms with Crippen LogP contribution in [0.2, 0.25) is 0 Å². The Morgan fingerprint density at radius 3 is 2.95 bits per heavy atom. The highest BCUT2D eigenvalue weighted by Crippen LogP contribution is 2.21. The van der Waals surface area contributed by atoms with Crippen LogP contribution in [0.3, 0.4) is 0 Å². The molecule has 104 valence electrons. The fraction of sp³-hybridized carbons (Fsp3) is 0.385. The summed E-state index contributed by atoms with van der Waals surface area (Å²) >= 11 is 0. The summed E-state index contributed by atoms with van der Waals surface area (Å²) in [5.74, 6) is 0. The second-order valence-electron chi connectivity index (χ2n) is 5.04. The highest BCUT2D eigenvalue weighted by molar-refractivity contribution is 5.47. The largest absolute Gasteiger partial charge is 0.308 e. The molecule has 20 heavy (non-hydrogen) atoms. The van der Waals surface area contributed by atoms with E-state index in [-0.39, 0.29) is 5.69 Å². The molecular formula is C13H15N5O2. The van der Waals surface area contributed by atoms with Crippen molar-refractivity contribution in [3.8, 4) is 5.69 Å². The lowest BCUT2D eigenvalue weighted by molar-refractivity contribution is -0.384. The molecule has 2 aromatic rings. The molecule has 1 fully saturated rings. The van der Waals surface area contributed by atoms with Crippen LogP contribution in [0.5, 0.6) is 0 Å². The number of rotatable bonds is 5. The molecule has 0 aliphatic heterocycles. The molecule has 3 rings (SSSR count). The zero-order chi connectivity index (χ0) is 14.1. The number of nitro groups is 1. The van der Waals surface area contributed by atoms with Gasteiger partial charge in [-0.05, 0) is 31.4 Å². The van der Waals surface area contributed by atoms with Gasteiger partial charge in [-0.2, -0.15) is 0 Å². The van der Waals surface area contributed by atoms with E-state index in [1.54, 1.807) is 16.8 Å². The van der Waals surface area contributed by atoms with E-state index in [1.165, 1.54) is 18.9 Å². The number of aromatic nitrogens is 3. The van der Waals surface area contributed by atoms with Crippen LogP contribution in [-0.4, -0.2) is 26.0 Å². The standard InChI is InChI=1S/C13H15N5O2/c1-9-6-12(18(19)20)4-5-13(9)17-8-11(15-16-17)7-14-10-2-3-10/h4-6,8,10,14H,2-3,7H2,1H3. The topological polar surface area (TPSA) is 85.9 Å². The number of benzene rings is 1. The quantitative estimate of drug-likeness (QED) is 0.662. The van der Waals surface area contributed by atoms with Gasteiger partial charge in [0.1, 0.15) is 0 Å². The summed E-state index contributed by atoms with van der Waals surface area (Å²) < 4.78 is 1.66. The molecule has 0 saturated heterocycles. The van der Waals surface area contributed by atoms with Crippen LogP contribution >= 0.6 is 0 Å². The van der Waals surface area contributed by atoms with Gasteiger partial charge in [-0.3, -0.25) is 10.1 Å². The minimum atomic E-state index is -0.400. The van der Waals surface area contributed by atoms with Crippen molar-refractivity contribution in [2.24, 2.45) is 0 Å². The fourth-order valence-corrected chi connectivity index (χ4v) is 2.04. The first-order valence-corrected chi connectivity index (χ1v) is 6.53. The minimum Gasteiger partial charge on any atom is -0.308 e. The fourth-order valence-electron chi connectivity index (χ4n) is 2.04. The van der Waals surface area contributed by atoms with Crippen molar-refractivity contribution in [1.82, 2.24) is 20.3 Å². The molecule has 0 amide bonds. The lowest BCUT2D eigenvalue weighted by Crippen LogP contribution is -2.15. The third-order valence-electron chi connectivity index (χ3n) is 3.33. The predicted molar refractivity (Wildman–Crippen MR) is 72.6 cm³/mol. The maximum absolute atomic E-state index is 10.7. The number of nitro benzene ring substituents is 1. The zero-order valence-electron chi connectivity index (χ0n) is 11.1. The maximum atomic E-state index is 10.7. The van der Waals surface area contributed by atoms with E-state index in [4.69, 9.17) is 0 Å². The zero-order valence-corrected chi connectivity index (χ0v) is 11.1. The molecule has 1 aliphatic rings. The lowest BCUT2D eigenvalue weighted by Gasteiger charge is -2.04. The molecule has 1 aliphatic carbocycles. The number of hydrogen-bond acceptors (Lipinski definition) is 5. The molecule has 1 saturated carbocycles. The molecule has 1 aromatic carbocycles. The number of aryl methyl sites for hydroxylation is 1. The summed E-state index contributed by atoms with van der Waals surface area (Å²) in [6.07, 6.45) is 4.31. The molecule has 0 bridgehead atoms. The van der Waals surface area contributed by atoms with E-state index in [9.17, 15) is 10.1 Å². The average molecular weight is 273 g/mol. The molecule has 1 heterocycles. The smallest absolute Gasteiger partial charge is 0.269 e. The summed E-state index contributed by atoms with van der Waals surface area (Å²) in [7, 11) is 0. The van der Waals surface area contributed by atoms with Gasteiger partial charge in [0, 0.05) is 24.7 Å². The molecule has 0 atom stereocenters. The number of nitrogens with one attached hydrogen (secondary N) is 1. The van der Waals surface area contributed by atoms with Crippen LogP contribution < -0.4 is 5.32 Å². The number of nitrogens with zero attached hydrogens (tertiary/aromatic N) is 4. The predicted octanol–water partition coefficient (Wildman–Crippen LogP) is 1.74. The monoisotopic (exact) mass is 273 g/mol. The van der Waals surface area contributed by atoms with Crippen molar-refractivity contribution < 1.29 is 4.92 Å². The normalized spacial score (nSPS) is 14.4. The van der Waals surface area contributed by atoms with Gasteiger partial charge in [0.15, 0.2) is 0 Å². The summed E-state index contributed by atoms with van der Waals surface area (Å²) in [6.45, 7) is 2.53. The SMILES string of the molecule is Cc1cc([N+](=O)[O-])ccc1-n1cc(CNC2CC2)nn1. The van der Waals surface area contributed by atoms with Crippen LogP contribution in [0.25, 0.3) is 5.69 Å². The first-order chi connectivity index (χ1) is 9.63. The molecule has 0 spiro atoms. The van der Waals surface area contributed by atoms with Gasteiger partial charge < -0.3 is 5.32 Å². The number of non-ortho nitro benzene ring substituents is 1. The number of hydrogen-bond donors (Lipinski definition) is 1. The summed E-state index contributed by atoms with van der Waals surface area (Å²) in [5, 5.41) is 22.3. The average Bonchev–Trinajstić information content (AvgIpc) is 3.14. The highest BCUT2D eigenvalue weighted by Gasteiger charge is 2.20. The van der Waals surface area contributed by atoms with E-state index < -0.39 is 4.92 Å². The minimum absolute atomic E-state index is 0.0852. The summed E-state index contributed by atoms with van der Waals surface area (Å²) in [5.41, 5.74) is 2.56.